The van der Waals surface area contributed by atoms with Crippen molar-refractivity contribution in [2.45, 2.75) is 169 Å². The number of nitrogens with two attached hydrogens (primary N) is 2. The lowest BCUT2D eigenvalue weighted by atomic mass is 9.47. The van der Waals surface area contributed by atoms with Gasteiger partial charge in [0.25, 0.3) is 0 Å². The fourth-order valence-corrected chi connectivity index (χ4v) is 11.2. The quantitative estimate of drug-likeness (QED) is 0.0735. The third-order valence-corrected chi connectivity index (χ3v) is 14.0. The van der Waals surface area contributed by atoms with Gasteiger partial charge in [-0.3, -0.25) is 9.59 Å². The summed E-state index contributed by atoms with van der Waals surface area (Å²) >= 11 is 0. The number of esters is 1. The van der Waals surface area contributed by atoms with Gasteiger partial charge < -0.3 is 21.1 Å². The van der Waals surface area contributed by atoms with Crippen LogP contribution in [-0.4, -0.2) is 49.1 Å². The number of ether oxygens (including phenoxy) is 1. The van der Waals surface area contributed by atoms with Crippen molar-refractivity contribution in [3.63, 3.8) is 0 Å². The van der Waals surface area contributed by atoms with Gasteiger partial charge >= 0.3 is 5.97 Å². The number of halogens is 2. The maximum atomic E-state index is 13.1. The Morgan fingerprint density at radius 1 is 0.820 bits per heavy atom. The molecule has 6 nitrogen and oxygen atoms in total. The number of amides is 1. The number of carbonyl (C=O) groups is 2. The van der Waals surface area contributed by atoms with Gasteiger partial charge in [-0.2, -0.15) is 0 Å². The van der Waals surface area contributed by atoms with Crippen LogP contribution in [0, 0.1) is 46.3 Å². The van der Waals surface area contributed by atoms with E-state index in [9.17, 15) is 9.59 Å². The minimum absolute atomic E-state index is 0. The molecule has 3 saturated carbocycles. The van der Waals surface area contributed by atoms with E-state index >= 15 is 0 Å². The number of fused-ring (bicyclic) bond motifs is 5. The van der Waals surface area contributed by atoms with Crippen LogP contribution in [0.25, 0.3) is 0 Å². The lowest BCUT2D eigenvalue weighted by molar-refractivity contribution is -0.153. The lowest BCUT2D eigenvalue weighted by Crippen LogP contribution is -2.51. The molecule has 0 radical (unpaired) electrons. The molecule has 8 atom stereocenters. The van der Waals surface area contributed by atoms with Crippen LogP contribution >= 0.6 is 24.8 Å². The number of rotatable bonds is 20. The molecule has 0 spiro atoms. The maximum absolute atomic E-state index is 13.1. The molecule has 292 valence electrons. The predicted molar refractivity (Wildman–Crippen MR) is 214 cm³/mol. The SMILES string of the molecule is CC(C)CCC[C@@H](C)[C@H]1CC[C@H]2[C@@H]3CC=C4C[C@@H](OC(=O)CCC(=O)N(CCCN)CCCCCCCCN)CC[C@]4(C)[C@H]3CC[C@]12C.Cl.Cl. The second kappa shape index (κ2) is 21.8. The Bertz CT molecular complexity index is 1060. The molecule has 4 aliphatic rings. The third kappa shape index (κ3) is 11.6. The highest BCUT2D eigenvalue weighted by atomic mass is 35.5. The highest BCUT2D eigenvalue weighted by Crippen LogP contribution is 2.67. The van der Waals surface area contributed by atoms with Crippen molar-refractivity contribution >= 4 is 36.7 Å². The monoisotopic (exact) mass is 742 g/mol. The average molecular weight is 743 g/mol. The molecule has 4 rings (SSSR count). The molecule has 3 fully saturated rings. The van der Waals surface area contributed by atoms with E-state index < -0.39 is 0 Å². The van der Waals surface area contributed by atoms with Gasteiger partial charge in [-0.1, -0.05) is 91.2 Å². The largest absolute Gasteiger partial charge is 0.462 e. The van der Waals surface area contributed by atoms with E-state index in [1.165, 1.54) is 70.6 Å². The Kier molecular flexibility index (Phi) is 19.7. The molecular weight excluding hydrogens is 665 g/mol. The van der Waals surface area contributed by atoms with Gasteiger partial charge in [0.2, 0.25) is 5.91 Å². The molecule has 4 aliphatic carbocycles. The van der Waals surface area contributed by atoms with Crippen molar-refractivity contribution in [1.82, 2.24) is 4.90 Å². The molecule has 0 unspecified atom stereocenters. The van der Waals surface area contributed by atoms with E-state index in [-0.39, 0.29) is 61.1 Å². The van der Waals surface area contributed by atoms with Crippen LogP contribution in [0.4, 0.5) is 0 Å². The smallest absolute Gasteiger partial charge is 0.306 e. The zero-order valence-corrected chi connectivity index (χ0v) is 34.4. The van der Waals surface area contributed by atoms with E-state index in [1.54, 1.807) is 5.57 Å². The van der Waals surface area contributed by atoms with Crippen LogP contribution in [-0.2, 0) is 14.3 Å². The van der Waals surface area contributed by atoms with Crippen LogP contribution in [0.1, 0.15) is 163 Å². The van der Waals surface area contributed by atoms with Crippen molar-refractivity contribution in [3.8, 4) is 0 Å². The number of carbonyl (C=O) groups excluding carboxylic acids is 2. The zero-order chi connectivity index (χ0) is 34.7. The predicted octanol–water partition coefficient (Wildman–Crippen LogP) is 10.0. The number of allylic oxidation sites excluding steroid dienone is 1. The van der Waals surface area contributed by atoms with Gasteiger partial charge in [-0.25, -0.2) is 0 Å². The molecule has 0 saturated heterocycles. The molecular formula is C42H77Cl2N3O3. The minimum Gasteiger partial charge on any atom is -0.462 e. The molecule has 0 aliphatic heterocycles. The van der Waals surface area contributed by atoms with E-state index in [0.29, 0.717) is 18.5 Å². The van der Waals surface area contributed by atoms with Gasteiger partial charge in [0, 0.05) is 25.9 Å². The Labute approximate surface area is 319 Å². The molecule has 0 aromatic carbocycles. The van der Waals surface area contributed by atoms with Crippen molar-refractivity contribution < 1.29 is 14.3 Å². The molecule has 0 bridgehead atoms. The first-order valence-corrected chi connectivity index (χ1v) is 20.6. The highest BCUT2D eigenvalue weighted by Gasteiger charge is 2.59. The van der Waals surface area contributed by atoms with E-state index in [2.05, 4.69) is 40.7 Å². The summed E-state index contributed by atoms with van der Waals surface area (Å²) in [6, 6.07) is 0. The fraction of sp³-hybridized carbons (Fsp3) is 0.905. The second-order valence-electron chi connectivity index (χ2n) is 17.6. The summed E-state index contributed by atoms with van der Waals surface area (Å²) in [5.41, 5.74) is 13.7. The van der Waals surface area contributed by atoms with Crippen molar-refractivity contribution in [2.75, 3.05) is 26.2 Å². The molecule has 4 N–H and O–H groups in total. The second-order valence-corrected chi connectivity index (χ2v) is 17.6. The summed E-state index contributed by atoms with van der Waals surface area (Å²) in [6.07, 6.45) is 24.4. The average Bonchev–Trinajstić information content (AvgIpc) is 3.42. The van der Waals surface area contributed by atoms with Crippen LogP contribution in [0.2, 0.25) is 0 Å². The lowest BCUT2D eigenvalue weighted by Gasteiger charge is -2.58. The Hall–Kier alpha value is -0.820. The molecule has 0 aromatic heterocycles. The van der Waals surface area contributed by atoms with Crippen molar-refractivity contribution in [1.29, 1.82) is 0 Å². The van der Waals surface area contributed by atoms with Crippen LogP contribution < -0.4 is 11.5 Å². The first-order valence-electron chi connectivity index (χ1n) is 20.6. The van der Waals surface area contributed by atoms with Crippen LogP contribution in [0.15, 0.2) is 11.6 Å². The summed E-state index contributed by atoms with van der Waals surface area (Å²) in [7, 11) is 0. The minimum atomic E-state index is -0.210. The zero-order valence-electron chi connectivity index (χ0n) is 32.7. The van der Waals surface area contributed by atoms with Crippen LogP contribution in [0.3, 0.4) is 0 Å². The van der Waals surface area contributed by atoms with E-state index in [0.717, 1.165) is 93.5 Å². The number of hydrogen-bond donors (Lipinski definition) is 2. The summed E-state index contributed by atoms with van der Waals surface area (Å²) in [5, 5.41) is 0. The van der Waals surface area contributed by atoms with Gasteiger partial charge in [0.05, 0.1) is 6.42 Å². The van der Waals surface area contributed by atoms with Gasteiger partial charge in [0.1, 0.15) is 6.10 Å². The van der Waals surface area contributed by atoms with Crippen LogP contribution in [0.5, 0.6) is 0 Å². The Morgan fingerprint density at radius 3 is 2.20 bits per heavy atom. The summed E-state index contributed by atoms with van der Waals surface area (Å²) in [6.45, 7) is 15.3. The number of nitrogens with zero attached hydrogens (tertiary/aromatic N) is 1. The van der Waals surface area contributed by atoms with Gasteiger partial charge in [-0.05, 0) is 124 Å². The third-order valence-electron chi connectivity index (χ3n) is 14.0. The highest BCUT2D eigenvalue weighted by molar-refractivity contribution is 5.85. The summed E-state index contributed by atoms with van der Waals surface area (Å²) < 4.78 is 6.07. The fourth-order valence-electron chi connectivity index (χ4n) is 11.2. The molecule has 0 heterocycles. The Morgan fingerprint density at radius 2 is 1.50 bits per heavy atom. The summed E-state index contributed by atoms with van der Waals surface area (Å²) in [4.78, 5) is 28.0. The standard InChI is InChI=1S/C42H75N3O3.2ClH/c1-31(2)14-12-15-32(3)36-18-19-37-35-17-16-33-30-34(22-24-41(33,4)38(35)23-25-42(36,37)5)48-40(47)21-20-39(46)45(29-13-27-44)28-11-9-7-6-8-10-26-43;;/h16,31-32,34-38H,6-15,17-30,43-44H2,1-5H3;2*1H/t32-,34+,35+,36-,37+,38+,41+,42-;;/m1../s1. The van der Waals surface area contributed by atoms with E-state index in [4.69, 9.17) is 16.2 Å². The number of unbranched alkanes of at least 4 members (excludes halogenated alkanes) is 5. The van der Waals surface area contributed by atoms with Crippen molar-refractivity contribution in [3.05, 3.63) is 11.6 Å². The molecule has 50 heavy (non-hydrogen) atoms. The molecule has 8 heteroatoms. The summed E-state index contributed by atoms with van der Waals surface area (Å²) in [5.74, 6) is 4.84. The maximum Gasteiger partial charge on any atom is 0.306 e. The van der Waals surface area contributed by atoms with Gasteiger partial charge in [0.15, 0.2) is 0 Å². The Balaban J connectivity index is 0.00000433. The van der Waals surface area contributed by atoms with Gasteiger partial charge in [-0.15, -0.1) is 24.8 Å². The molecule has 1 amide bonds. The first-order chi connectivity index (χ1) is 23.0. The normalized spacial score (nSPS) is 30.6. The number of hydrogen-bond acceptors (Lipinski definition) is 5. The van der Waals surface area contributed by atoms with Crippen molar-refractivity contribution in [2.24, 2.45) is 57.8 Å². The molecule has 0 aromatic rings. The van der Waals surface area contributed by atoms with E-state index in [1.807, 2.05) is 4.90 Å². The topological polar surface area (TPSA) is 98.7 Å². The first kappa shape index (κ1) is 45.3.